The topological polar surface area (TPSA) is 78.9 Å². The van der Waals surface area contributed by atoms with Gasteiger partial charge in [0.1, 0.15) is 0 Å². The van der Waals surface area contributed by atoms with Crippen molar-refractivity contribution in [3.05, 3.63) is 34.3 Å². The number of benzene rings is 1. The van der Waals surface area contributed by atoms with Gasteiger partial charge in [-0.1, -0.05) is 28.1 Å². The third-order valence-electron chi connectivity index (χ3n) is 3.03. The summed E-state index contributed by atoms with van der Waals surface area (Å²) in [6.45, 7) is 1.02. The highest BCUT2D eigenvalue weighted by Gasteiger charge is 2.32. The fraction of sp³-hybridized carbons (Fsp3) is 0.385. The minimum Gasteiger partial charge on any atom is -0.480 e. The highest BCUT2D eigenvalue weighted by molar-refractivity contribution is 9.10. The number of carbonyl (C=O) groups is 2. The molecular formula is C13H15BrN2O4. The number of nitrogens with zero attached hydrogens (tertiary/aromatic N) is 1. The van der Waals surface area contributed by atoms with Gasteiger partial charge in [-0.15, -0.1) is 0 Å². The van der Waals surface area contributed by atoms with Crippen LogP contribution in [0.4, 0.5) is 4.79 Å². The Morgan fingerprint density at radius 3 is 2.75 bits per heavy atom. The molecule has 2 N–H and O–H groups in total. The van der Waals surface area contributed by atoms with Gasteiger partial charge in [-0.2, -0.15) is 0 Å². The maximum absolute atomic E-state index is 12.0. The molecule has 1 aliphatic rings. The lowest BCUT2D eigenvalue weighted by Gasteiger charge is -2.32. The minimum atomic E-state index is -1.05. The third kappa shape index (κ3) is 3.71. The molecule has 2 rings (SSSR count). The quantitative estimate of drug-likeness (QED) is 0.871. The molecular weight excluding hydrogens is 328 g/mol. The van der Waals surface area contributed by atoms with Crippen molar-refractivity contribution in [3.8, 4) is 0 Å². The Morgan fingerprint density at radius 1 is 1.40 bits per heavy atom. The zero-order valence-electron chi connectivity index (χ0n) is 10.7. The number of rotatable bonds is 3. The lowest BCUT2D eigenvalue weighted by molar-refractivity contribution is -0.147. The predicted octanol–water partition coefficient (Wildman–Crippen LogP) is 1.44. The van der Waals surface area contributed by atoms with Crippen molar-refractivity contribution >= 4 is 27.9 Å². The van der Waals surface area contributed by atoms with Crippen LogP contribution in [0.25, 0.3) is 0 Å². The Morgan fingerprint density at radius 2 is 2.10 bits per heavy atom. The molecule has 6 nitrogen and oxygen atoms in total. The van der Waals surface area contributed by atoms with E-state index in [9.17, 15) is 9.59 Å². The van der Waals surface area contributed by atoms with Gasteiger partial charge in [0.15, 0.2) is 6.04 Å². The van der Waals surface area contributed by atoms with Gasteiger partial charge in [0, 0.05) is 17.6 Å². The molecule has 0 radical (unpaired) electrons. The van der Waals surface area contributed by atoms with Gasteiger partial charge >= 0.3 is 12.0 Å². The van der Waals surface area contributed by atoms with Crippen LogP contribution in [0.2, 0.25) is 0 Å². The molecule has 7 heteroatoms. The van der Waals surface area contributed by atoms with Gasteiger partial charge in [0.2, 0.25) is 0 Å². The van der Waals surface area contributed by atoms with Crippen LogP contribution in [-0.4, -0.2) is 47.8 Å². The summed E-state index contributed by atoms with van der Waals surface area (Å²) in [6, 6.07) is 6.24. The first kappa shape index (κ1) is 14.8. The summed E-state index contributed by atoms with van der Waals surface area (Å²) in [5.41, 5.74) is 0.946. The summed E-state index contributed by atoms with van der Waals surface area (Å²) in [7, 11) is 0. The highest BCUT2D eigenvalue weighted by atomic mass is 79.9. The maximum atomic E-state index is 12.0. The second-order valence-corrected chi connectivity index (χ2v) is 5.32. The molecule has 0 aliphatic carbocycles. The molecule has 2 amide bonds. The van der Waals surface area contributed by atoms with Gasteiger partial charge in [0.05, 0.1) is 13.2 Å². The molecule has 1 saturated heterocycles. The number of amides is 2. The number of urea groups is 1. The average Bonchev–Trinajstić information content (AvgIpc) is 2.46. The van der Waals surface area contributed by atoms with Crippen molar-refractivity contribution < 1.29 is 19.4 Å². The SMILES string of the molecule is O=C(O)C1COCCN1C(=O)NCc1ccc(Br)cc1. The van der Waals surface area contributed by atoms with Gasteiger partial charge in [0.25, 0.3) is 0 Å². The van der Waals surface area contributed by atoms with E-state index in [2.05, 4.69) is 21.2 Å². The lowest BCUT2D eigenvalue weighted by atomic mass is 10.2. The van der Waals surface area contributed by atoms with Gasteiger partial charge in [-0.3, -0.25) is 0 Å². The largest absolute Gasteiger partial charge is 0.480 e. The molecule has 1 aromatic rings. The molecule has 1 aliphatic heterocycles. The van der Waals surface area contributed by atoms with Crippen LogP contribution >= 0.6 is 15.9 Å². The van der Waals surface area contributed by atoms with E-state index in [0.717, 1.165) is 10.0 Å². The van der Waals surface area contributed by atoms with Gasteiger partial charge in [-0.25, -0.2) is 9.59 Å². The minimum absolute atomic E-state index is 0.0288. The molecule has 1 unspecified atom stereocenters. The number of aliphatic carboxylic acids is 1. The first-order valence-corrected chi connectivity index (χ1v) is 6.96. The van der Waals surface area contributed by atoms with E-state index in [1.807, 2.05) is 24.3 Å². The summed E-state index contributed by atoms with van der Waals surface area (Å²) >= 11 is 3.34. The Bertz CT molecular complexity index is 492. The number of hydrogen-bond acceptors (Lipinski definition) is 3. The molecule has 0 aromatic heterocycles. The zero-order valence-corrected chi connectivity index (χ0v) is 12.3. The van der Waals surface area contributed by atoms with Crippen LogP contribution < -0.4 is 5.32 Å². The first-order chi connectivity index (χ1) is 9.58. The van der Waals surface area contributed by atoms with Gasteiger partial charge < -0.3 is 20.1 Å². The Hall–Kier alpha value is -1.60. The van der Waals surface area contributed by atoms with Crippen molar-refractivity contribution in [2.45, 2.75) is 12.6 Å². The first-order valence-electron chi connectivity index (χ1n) is 6.17. The van der Waals surface area contributed by atoms with Crippen molar-refractivity contribution in [2.24, 2.45) is 0 Å². The third-order valence-corrected chi connectivity index (χ3v) is 3.56. The standard InChI is InChI=1S/C13H15BrN2O4/c14-10-3-1-9(2-4-10)7-15-13(19)16-5-6-20-8-11(16)12(17)18/h1-4,11H,5-8H2,(H,15,19)(H,17,18). The molecule has 1 atom stereocenters. The van der Waals surface area contributed by atoms with E-state index >= 15 is 0 Å². The Labute approximate surface area is 124 Å². The van der Waals surface area contributed by atoms with E-state index in [1.165, 1.54) is 4.90 Å². The molecule has 1 aromatic carbocycles. The van der Waals surface area contributed by atoms with Crippen LogP contribution in [0.1, 0.15) is 5.56 Å². The summed E-state index contributed by atoms with van der Waals surface area (Å²) in [5, 5.41) is 11.8. The Balaban J connectivity index is 1.93. The fourth-order valence-corrected chi connectivity index (χ4v) is 2.20. The second kappa shape index (κ2) is 6.71. The van der Waals surface area contributed by atoms with Crippen molar-refractivity contribution in [3.63, 3.8) is 0 Å². The summed E-state index contributed by atoms with van der Waals surface area (Å²) in [5.74, 6) is -1.05. The van der Waals surface area contributed by atoms with E-state index in [-0.39, 0.29) is 19.2 Å². The molecule has 1 heterocycles. The molecule has 0 spiro atoms. The van der Waals surface area contributed by atoms with Crippen molar-refractivity contribution in [1.82, 2.24) is 10.2 Å². The van der Waals surface area contributed by atoms with Crippen molar-refractivity contribution in [1.29, 1.82) is 0 Å². The van der Waals surface area contributed by atoms with Crippen LogP contribution in [0.15, 0.2) is 28.7 Å². The van der Waals surface area contributed by atoms with Gasteiger partial charge in [-0.05, 0) is 17.7 Å². The lowest BCUT2D eigenvalue weighted by Crippen LogP contribution is -2.55. The number of carbonyl (C=O) groups excluding carboxylic acids is 1. The van der Waals surface area contributed by atoms with E-state index < -0.39 is 12.0 Å². The predicted molar refractivity (Wildman–Crippen MR) is 75.3 cm³/mol. The zero-order chi connectivity index (χ0) is 14.5. The molecule has 0 bridgehead atoms. The number of nitrogens with one attached hydrogen (secondary N) is 1. The monoisotopic (exact) mass is 342 g/mol. The smallest absolute Gasteiger partial charge is 0.328 e. The van der Waals surface area contributed by atoms with Crippen LogP contribution in [0.5, 0.6) is 0 Å². The summed E-state index contributed by atoms with van der Waals surface area (Å²) in [4.78, 5) is 24.4. The molecule has 20 heavy (non-hydrogen) atoms. The highest BCUT2D eigenvalue weighted by Crippen LogP contribution is 2.11. The summed E-state index contributed by atoms with van der Waals surface area (Å²) < 4.78 is 6.06. The van der Waals surface area contributed by atoms with Crippen LogP contribution in [0.3, 0.4) is 0 Å². The van der Waals surface area contributed by atoms with Crippen LogP contribution in [0, 0.1) is 0 Å². The molecule has 108 valence electrons. The van der Waals surface area contributed by atoms with Crippen LogP contribution in [-0.2, 0) is 16.1 Å². The van der Waals surface area contributed by atoms with Crippen molar-refractivity contribution in [2.75, 3.05) is 19.8 Å². The van der Waals surface area contributed by atoms with E-state index in [1.54, 1.807) is 0 Å². The number of carboxylic acid groups (broad SMARTS) is 1. The van der Waals surface area contributed by atoms with E-state index in [0.29, 0.717) is 13.2 Å². The van der Waals surface area contributed by atoms with E-state index in [4.69, 9.17) is 9.84 Å². The fourth-order valence-electron chi connectivity index (χ4n) is 1.93. The average molecular weight is 343 g/mol. The number of carboxylic acids is 1. The second-order valence-electron chi connectivity index (χ2n) is 4.41. The summed E-state index contributed by atoms with van der Waals surface area (Å²) in [6.07, 6.45) is 0. The molecule has 0 saturated carbocycles. The normalized spacial score (nSPS) is 18.6. The molecule has 1 fully saturated rings. The number of morpholine rings is 1. The number of halogens is 1. The maximum Gasteiger partial charge on any atom is 0.328 e. The Kier molecular flexibility index (Phi) is 4.97. The number of ether oxygens (including phenoxy) is 1. The number of hydrogen-bond donors (Lipinski definition) is 2.